The number of aliphatic imine (C=N–C) groups is 1. The van der Waals surface area contributed by atoms with Crippen molar-refractivity contribution in [2.75, 3.05) is 0 Å². The molecule has 0 fully saturated rings. The van der Waals surface area contributed by atoms with Crippen LogP contribution in [0.5, 0.6) is 0 Å². The van der Waals surface area contributed by atoms with Crippen LogP contribution in [0.3, 0.4) is 0 Å². The van der Waals surface area contributed by atoms with Gasteiger partial charge < -0.3 is 4.70 Å². The predicted octanol–water partition coefficient (Wildman–Crippen LogP) is -0.539. The molecule has 1 aliphatic heterocycles. The number of nitrogens with zero attached hydrogens (tertiary/aromatic N) is 5. The minimum Gasteiger partial charge on any atom is -1.00 e. The molecule has 1 atom stereocenters. The minimum atomic E-state index is -0.520. The van der Waals surface area contributed by atoms with Gasteiger partial charge in [0.1, 0.15) is 23.9 Å². The van der Waals surface area contributed by atoms with Crippen LogP contribution < -0.4 is 10.3 Å². The number of hydrogen-bond donors (Lipinski definition) is 1. The number of benzene rings is 2. The van der Waals surface area contributed by atoms with Crippen LogP contribution in [0.15, 0.2) is 58.6 Å². The Bertz CT molecular complexity index is 1280. The first-order valence-electron chi connectivity index (χ1n) is 8.33. The average Bonchev–Trinajstić information content (AvgIpc) is 3.10. The molecule has 1 aliphatic rings. The van der Waals surface area contributed by atoms with Crippen molar-refractivity contribution in [3.05, 3.63) is 82.0 Å². The number of aryl methyl sites for hydroxylation is 1. The smallest absolute Gasteiger partial charge is 0.272 e. The molecule has 7 nitrogen and oxygen atoms in total. The monoisotopic (exact) mass is 379 g/mol. The molecule has 9 heteroatoms. The molecular formula is C19H13F2N6O-. The molecule has 0 spiro atoms. The van der Waals surface area contributed by atoms with Gasteiger partial charge in [0.15, 0.2) is 0 Å². The Morgan fingerprint density at radius 2 is 1.96 bits per heavy atom. The zero-order valence-electron chi connectivity index (χ0n) is 14.6. The fourth-order valence-corrected chi connectivity index (χ4v) is 3.54. The highest BCUT2D eigenvalue weighted by molar-refractivity contribution is 6.14. The second-order valence-corrected chi connectivity index (χ2v) is 6.32. The summed E-state index contributed by atoms with van der Waals surface area (Å²) in [5, 5.41) is 11.7. The highest BCUT2D eigenvalue weighted by atomic mass is 19.1. The molecular weight excluding hydrogens is 366 g/mol. The van der Waals surface area contributed by atoms with E-state index < -0.39 is 17.3 Å². The maximum Gasteiger partial charge on any atom is 0.272 e. The van der Waals surface area contributed by atoms with E-state index in [2.05, 4.69) is 20.3 Å². The number of nitrogens with one attached hydrogen (secondary N) is 1. The van der Waals surface area contributed by atoms with Gasteiger partial charge in [0.25, 0.3) is 5.56 Å². The Labute approximate surface area is 157 Å². The molecule has 0 amide bonds. The third kappa shape index (κ3) is 2.51. The normalized spacial score (nSPS) is 15.2. The van der Waals surface area contributed by atoms with Crippen molar-refractivity contribution in [1.29, 1.82) is 0 Å². The highest BCUT2D eigenvalue weighted by Crippen LogP contribution is 2.40. The van der Waals surface area contributed by atoms with Crippen LogP contribution in [0, 0.1) is 5.82 Å². The van der Waals surface area contributed by atoms with Crippen molar-refractivity contribution < 1.29 is 9.09 Å². The quantitative estimate of drug-likeness (QED) is 0.507. The molecule has 2 aromatic heterocycles. The topological polar surface area (TPSA) is 88.8 Å². The second-order valence-electron chi connectivity index (χ2n) is 6.32. The van der Waals surface area contributed by atoms with E-state index in [-0.39, 0.29) is 10.1 Å². The number of halogens is 2. The lowest BCUT2D eigenvalue weighted by atomic mass is 9.87. The Morgan fingerprint density at radius 3 is 2.68 bits per heavy atom. The molecule has 0 saturated heterocycles. The van der Waals surface area contributed by atoms with Crippen LogP contribution in [0.25, 0.3) is 10.8 Å². The van der Waals surface area contributed by atoms with E-state index in [0.29, 0.717) is 28.3 Å². The zero-order valence-corrected chi connectivity index (χ0v) is 14.6. The lowest BCUT2D eigenvalue weighted by molar-refractivity contribution is -0.00000631. The Morgan fingerprint density at radius 1 is 1.18 bits per heavy atom. The third-order valence-corrected chi connectivity index (χ3v) is 4.72. The van der Waals surface area contributed by atoms with E-state index in [4.69, 9.17) is 4.99 Å². The molecule has 0 radical (unpaired) electrons. The zero-order chi connectivity index (χ0) is 18.5. The fraction of sp³-hybridized carbons (Fsp3) is 0.105. The van der Waals surface area contributed by atoms with Gasteiger partial charge in [-0.2, -0.15) is 10.2 Å². The van der Waals surface area contributed by atoms with Gasteiger partial charge >= 0.3 is 0 Å². The molecule has 2 aromatic carbocycles. The Balaban J connectivity index is 0.00000192. The van der Waals surface area contributed by atoms with Crippen molar-refractivity contribution in [2.24, 2.45) is 12.0 Å². The summed E-state index contributed by atoms with van der Waals surface area (Å²) < 4.78 is 15.8. The summed E-state index contributed by atoms with van der Waals surface area (Å²) in [5.74, 6) is -0.334. The van der Waals surface area contributed by atoms with Gasteiger partial charge in [0.2, 0.25) is 0 Å². The molecule has 28 heavy (non-hydrogen) atoms. The average molecular weight is 379 g/mol. The molecule has 5 rings (SSSR count). The summed E-state index contributed by atoms with van der Waals surface area (Å²) in [6, 6.07) is 12.1. The lowest BCUT2D eigenvalue weighted by Gasteiger charge is -2.24. The van der Waals surface area contributed by atoms with Crippen molar-refractivity contribution in [3.8, 4) is 0 Å². The first kappa shape index (κ1) is 17.7. The maximum absolute atomic E-state index is 14.1. The van der Waals surface area contributed by atoms with Crippen molar-refractivity contribution in [2.45, 2.75) is 5.92 Å². The van der Waals surface area contributed by atoms with E-state index in [1.807, 2.05) is 30.3 Å². The number of rotatable bonds is 2. The van der Waals surface area contributed by atoms with Crippen LogP contribution in [0.2, 0.25) is 0 Å². The van der Waals surface area contributed by atoms with Gasteiger partial charge in [0, 0.05) is 18.5 Å². The molecule has 0 aliphatic carbocycles. The summed E-state index contributed by atoms with van der Waals surface area (Å²) in [4.78, 5) is 21.3. The summed E-state index contributed by atoms with van der Waals surface area (Å²) in [7, 11) is 1.79. The van der Waals surface area contributed by atoms with Gasteiger partial charge in [-0.05, 0) is 11.6 Å². The molecule has 1 N–H and O–H groups in total. The molecule has 0 saturated carbocycles. The van der Waals surface area contributed by atoms with E-state index in [1.165, 1.54) is 18.5 Å². The summed E-state index contributed by atoms with van der Waals surface area (Å²) in [6.45, 7) is 0. The van der Waals surface area contributed by atoms with Crippen LogP contribution in [-0.4, -0.2) is 30.7 Å². The molecule has 3 heterocycles. The minimum absolute atomic E-state index is 0. The molecule has 140 valence electrons. The van der Waals surface area contributed by atoms with E-state index in [0.717, 1.165) is 5.56 Å². The molecule has 4 aromatic rings. The summed E-state index contributed by atoms with van der Waals surface area (Å²) in [5.41, 5.74) is 2.04. The van der Waals surface area contributed by atoms with Gasteiger partial charge in [-0.15, -0.1) is 0 Å². The largest absolute Gasteiger partial charge is 1.00 e. The highest BCUT2D eigenvalue weighted by Gasteiger charge is 2.34. The first-order valence-corrected chi connectivity index (χ1v) is 8.33. The Kier molecular flexibility index (Phi) is 4.07. The van der Waals surface area contributed by atoms with Gasteiger partial charge in [-0.3, -0.25) is 14.5 Å². The van der Waals surface area contributed by atoms with Crippen molar-refractivity contribution in [3.63, 3.8) is 0 Å². The van der Waals surface area contributed by atoms with Gasteiger partial charge in [-0.1, -0.05) is 30.3 Å². The van der Waals surface area contributed by atoms with Crippen LogP contribution >= 0.6 is 0 Å². The lowest BCUT2D eigenvalue weighted by Crippen LogP contribution is -3.00. The third-order valence-electron chi connectivity index (χ3n) is 4.72. The number of aromatic nitrogens is 5. The fourth-order valence-electron chi connectivity index (χ4n) is 3.54. The number of hydrogen-bond acceptors (Lipinski definition) is 5. The van der Waals surface area contributed by atoms with E-state index in [9.17, 15) is 9.18 Å². The summed E-state index contributed by atoms with van der Waals surface area (Å²) >= 11 is 0. The maximum atomic E-state index is 14.1. The van der Waals surface area contributed by atoms with E-state index >= 15 is 0 Å². The van der Waals surface area contributed by atoms with Crippen LogP contribution in [0.4, 0.5) is 10.1 Å². The van der Waals surface area contributed by atoms with Crippen LogP contribution in [-0.2, 0) is 7.05 Å². The standard InChI is InChI=1S/C19H13FN6O.FH/c1-26-18(21-9-22-26)15-16(10-5-3-2-4-6-10)23-13-8-11(20)7-12-14(13)17(15)24-25-19(12)27;/h2-9,15H,1H3,(H,25,27);1H/p-1/t15-;/m1./s1. The predicted molar refractivity (Wildman–Crippen MR) is 97.8 cm³/mol. The van der Waals surface area contributed by atoms with Gasteiger partial charge in [-0.25, -0.2) is 14.5 Å². The molecule has 0 unspecified atom stereocenters. The summed E-state index contributed by atoms with van der Waals surface area (Å²) in [6.07, 6.45) is 1.46. The van der Waals surface area contributed by atoms with Crippen molar-refractivity contribution >= 4 is 22.2 Å². The molecule has 0 bridgehead atoms. The van der Waals surface area contributed by atoms with E-state index in [1.54, 1.807) is 11.7 Å². The first-order chi connectivity index (χ1) is 13.1. The Hall–Kier alpha value is -3.75. The van der Waals surface area contributed by atoms with Crippen molar-refractivity contribution in [1.82, 2.24) is 25.0 Å². The van der Waals surface area contributed by atoms with Crippen LogP contribution in [0.1, 0.15) is 23.0 Å². The SMILES string of the molecule is Cn1ncnc1[C@@H]1C(c2ccccc2)=Nc2cc(F)cc3c(=O)[nH]nc1c23.[F-]. The second kappa shape index (κ2) is 6.45. The number of H-pyrrole nitrogens is 1. The number of aromatic amines is 1. The van der Waals surface area contributed by atoms with Gasteiger partial charge in [0.05, 0.1) is 22.5 Å².